The van der Waals surface area contributed by atoms with Crippen LogP contribution in [0.5, 0.6) is 5.75 Å². The Morgan fingerprint density at radius 2 is 1.74 bits per heavy atom. The molecular formula is C22H18ClN3O5. The summed E-state index contributed by atoms with van der Waals surface area (Å²) in [5.41, 5.74) is 0.944. The molecular weight excluding hydrogens is 422 g/mol. The fourth-order valence-corrected chi connectivity index (χ4v) is 3.04. The van der Waals surface area contributed by atoms with Crippen molar-refractivity contribution in [2.24, 2.45) is 0 Å². The largest absolute Gasteiger partial charge is 0.496 e. The molecule has 0 aliphatic rings. The third-order valence-electron chi connectivity index (χ3n) is 4.38. The maximum absolute atomic E-state index is 12.8. The Bertz CT molecular complexity index is 1140. The highest BCUT2D eigenvalue weighted by Crippen LogP contribution is 2.29. The molecule has 0 saturated carbocycles. The Balaban J connectivity index is 1.76. The lowest BCUT2D eigenvalue weighted by atomic mass is 10.0. The van der Waals surface area contributed by atoms with Crippen LogP contribution in [0.4, 0.5) is 17.1 Å². The van der Waals surface area contributed by atoms with Crippen LogP contribution in [0.3, 0.4) is 0 Å². The van der Waals surface area contributed by atoms with Gasteiger partial charge in [-0.15, -0.1) is 0 Å². The maximum Gasteiger partial charge on any atom is 0.296 e. The van der Waals surface area contributed by atoms with E-state index in [1.807, 2.05) is 0 Å². The van der Waals surface area contributed by atoms with Crippen LogP contribution < -0.4 is 15.4 Å². The normalized spacial score (nSPS) is 10.3. The van der Waals surface area contributed by atoms with Crippen molar-refractivity contribution in [3.63, 3.8) is 0 Å². The lowest BCUT2D eigenvalue weighted by Gasteiger charge is -2.13. The molecule has 3 aromatic carbocycles. The van der Waals surface area contributed by atoms with Crippen LogP contribution in [0.15, 0.2) is 66.7 Å². The van der Waals surface area contributed by atoms with E-state index in [-0.39, 0.29) is 23.7 Å². The van der Waals surface area contributed by atoms with Gasteiger partial charge in [0, 0.05) is 21.8 Å². The number of nitro groups is 1. The molecule has 0 spiro atoms. The number of nitrogens with one attached hydrogen (secondary N) is 2. The Morgan fingerprint density at radius 1 is 1.03 bits per heavy atom. The molecule has 8 nitrogen and oxygen atoms in total. The second-order valence-corrected chi connectivity index (χ2v) is 6.86. The minimum Gasteiger partial charge on any atom is -0.496 e. The molecule has 0 unspecified atom stereocenters. The zero-order valence-electron chi connectivity index (χ0n) is 16.4. The van der Waals surface area contributed by atoms with E-state index < -0.39 is 10.8 Å². The fraction of sp³-hybridized carbons (Fsp3) is 0.0909. The van der Waals surface area contributed by atoms with Gasteiger partial charge in [0.15, 0.2) is 5.78 Å². The third kappa shape index (κ3) is 5.37. The van der Waals surface area contributed by atoms with Crippen LogP contribution in [-0.2, 0) is 4.79 Å². The van der Waals surface area contributed by atoms with Crippen LogP contribution in [0.25, 0.3) is 0 Å². The molecule has 0 saturated heterocycles. The summed E-state index contributed by atoms with van der Waals surface area (Å²) in [6.07, 6.45) is 0. The highest BCUT2D eigenvalue weighted by molar-refractivity contribution is 6.31. The van der Waals surface area contributed by atoms with Crippen molar-refractivity contribution >= 4 is 40.4 Å². The summed E-state index contributed by atoms with van der Waals surface area (Å²) < 4.78 is 4.98. The van der Waals surface area contributed by atoms with Crippen molar-refractivity contribution in [2.45, 2.75) is 0 Å². The summed E-state index contributed by atoms with van der Waals surface area (Å²) in [5, 5.41) is 17.0. The zero-order chi connectivity index (χ0) is 22.4. The lowest BCUT2D eigenvalue weighted by molar-refractivity contribution is -0.384. The number of anilines is 2. The minimum absolute atomic E-state index is 0.0364. The molecule has 0 aromatic heterocycles. The van der Waals surface area contributed by atoms with Gasteiger partial charge in [-0.25, -0.2) is 0 Å². The molecule has 0 bridgehead atoms. The fourth-order valence-electron chi connectivity index (χ4n) is 2.87. The van der Waals surface area contributed by atoms with Gasteiger partial charge in [-0.2, -0.15) is 0 Å². The summed E-state index contributed by atoms with van der Waals surface area (Å²) >= 11 is 6.06. The summed E-state index contributed by atoms with van der Waals surface area (Å²) in [5.74, 6) is -0.480. The first kappa shape index (κ1) is 21.8. The first-order valence-corrected chi connectivity index (χ1v) is 9.52. The number of hydrogen-bond acceptors (Lipinski definition) is 6. The molecule has 9 heteroatoms. The second-order valence-electron chi connectivity index (χ2n) is 6.43. The van der Waals surface area contributed by atoms with E-state index in [1.54, 1.807) is 42.5 Å². The van der Waals surface area contributed by atoms with Gasteiger partial charge >= 0.3 is 0 Å². The van der Waals surface area contributed by atoms with Crippen molar-refractivity contribution in [2.75, 3.05) is 24.3 Å². The van der Waals surface area contributed by atoms with Gasteiger partial charge in [-0.1, -0.05) is 41.9 Å². The second kappa shape index (κ2) is 9.73. The van der Waals surface area contributed by atoms with Gasteiger partial charge in [-0.05, 0) is 30.3 Å². The Kier molecular flexibility index (Phi) is 6.84. The highest BCUT2D eigenvalue weighted by atomic mass is 35.5. The average molecular weight is 440 g/mol. The van der Waals surface area contributed by atoms with Crippen molar-refractivity contribution in [3.05, 3.63) is 93.0 Å². The molecule has 31 heavy (non-hydrogen) atoms. The van der Waals surface area contributed by atoms with Crippen LogP contribution in [0, 0.1) is 10.1 Å². The molecule has 0 radical (unpaired) electrons. The summed E-state index contributed by atoms with van der Waals surface area (Å²) in [6.45, 7) is -0.222. The van der Waals surface area contributed by atoms with E-state index in [1.165, 1.54) is 31.4 Å². The number of amides is 1. The molecule has 3 rings (SSSR count). The molecule has 1 amide bonds. The van der Waals surface area contributed by atoms with Gasteiger partial charge in [0.1, 0.15) is 11.4 Å². The summed E-state index contributed by atoms with van der Waals surface area (Å²) in [6, 6.07) is 17.5. The molecule has 158 valence electrons. The average Bonchev–Trinajstić information content (AvgIpc) is 2.78. The SMILES string of the molecule is COc1ccc(NC(=O)CNc2ccc(Cl)cc2C(=O)c2ccccc2)c([N+](=O)[O-])c1. The lowest BCUT2D eigenvalue weighted by Crippen LogP contribution is -2.23. The van der Waals surface area contributed by atoms with Gasteiger partial charge in [-0.3, -0.25) is 19.7 Å². The van der Waals surface area contributed by atoms with Gasteiger partial charge < -0.3 is 15.4 Å². The van der Waals surface area contributed by atoms with E-state index in [4.69, 9.17) is 16.3 Å². The number of methoxy groups -OCH3 is 1. The number of halogens is 1. The van der Waals surface area contributed by atoms with Gasteiger partial charge in [0.25, 0.3) is 5.69 Å². The molecule has 0 heterocycles. The first-order chi connectivity index (χ1) is 14.9. The molecule has 0 aliphatic heterocycles. The van der Waals surface area contributed by atoms with E-state index in [0.717, 1.165) is 0 Å². The number of carbonyl (C=O) groups excluding carboxylic acids is 2. The van der Waals surface area contributed by atoms with Crippen LogP contribution in [-0.4, -0.2) is 30.3 Å². The highest BCUT2D eigenvalue weighted by Gasteiger charge is 2.18. The number of rotatable bonds is 8. The predicted molar refractivity (Wildman–Crippen MR) is 118 cm³/mol. The van der Waals surface area contributed by atoms with Crippen LogP contribution in [0.2, 0.25) is 5.02 Å². The topological polar surface area (TPSA) is 111 Å². The molecule has 2 N–H and O–H groups in total. The van der Waals surface area contributed by atoms with Crippen molar-refractivity contribution < 1.29 is 19.2 Å². The van der Waals surface area contributed by atoms with E-state index in [0.29, 0.717) is 27.6 Å². The zero-order valence-corrected chi connectivity index (χ0v) is 17.2. The molecule has 0 atom stereocenters. The number of nitrogens with zero attached hydrogens (tertiary/aromatic N) is 1. The quantitative estimate of drug-likeness (QED) is 0.303. The Hall–Kier alpha value is -3.91. The summed E-state index contributed by atoms with van der Waals surface area (Å²) in [7, 11) is 1.39. The molecule has 0 aliphatic carbocycles. The van der Waals surface area contributed by atoms with Crippen molar-refractivity contribution in [1.29, 1.82) is 0 Å². The van der Waals surface area contributed by atoms with Crippen LogP contribution in [0.1, 0.15) is 15.9 Å². The molecule has 3 aromatic rings. The van der Waals surface area contributed by atoms with Gasteiger partial charge in [0.2, 0.25) is 5.91 Å². The maximum atomic E-state index is 12.8. The van der Waals surface area contributed by atoms with E-state index in [2.05, 4.69) is 10.6 Å². The Labute approximate surface area is 182 Å². The Morgan fingerprint density at radius 3 is 2.42 bits per heavy atom. The number of nitro benzene ring substituents is 1. The number of ketones is 1. The van der Waals surface area contributed by atoms with E-state index in [9.17, 15) is 19.7 Å². The van der Waals surface area contributed by atoms with Crippen LogP contribution >= 0.6 is 11.6 Å². The van der Waals surface area contributed by atoms with E-state index >= 15 is 0 Å². The van der Waals surface area contributed by atoms with Crippen molar-refractivity contribution in [1.82, 2.24) is 0 Å². The van der Waals surface area contributed by atoms with Crippen molar-refractivity contribution in [3.8, 4) is 5.75 Å². The third-order valence-corrected chi connectivity index (χ3v) is 4.61. The predicted octanol–water partition coefficient (Wildman–Crippen LogP) is 4.54. The molecule has 0 fully saturated rings. The smallest absolute Gasteiger partial charge is 0.296 e. The first-order valence-electron chi connectivity index (χ1n) is 9.14. The monoisotopic (exact) mass is 439 g/mol. The number of benzene rings is 3. The minimum atomic E-state index is -0.610. The number of carbonyl (C=O) groups is 2. The standard InChI is InChI=1S/C22H18ClN3O5/c1-31-16-8-10-19(20(12-16)26(29)30)25-21(27)13-24-18-9-7-15(23)11-17(18)22(28)14-5-3-2-4-6-14/h2-12,24H,13H2,1H3,(H,25,27). The number of ether oxygens (including phenoxy) is 1. The number of hydrogen-bond donors (Lipinski definition) is 2. The summed E-state index contributed by atoms with van der Waals surface area (Å²) in [4.78, 5) is 35.9. The van der Waals surface area contributed by atoms with Gasteiger partial charge in [0.05, 0.1) is 24.6 Å².